The molecule has 0 bridgehead atoms. The first-order chi connectivity index (χ1) is 14.5. The van der Waals surface area contributed by atoms with Crippen LogP contribution in [-0.2, 0) is 9.53 Å². The lowest BCUT2D eigenvalue weighted by atomic mass is 10.2. The van der Waals surface area contributed by atoms with Gasteiger partial charge >= 0.3 is 0 Å². The minimum atomic E-state index is -0.245. The van der Waals surface area contributed by atoms with Crippen LogP contribution in [0.25, 0.3) is 11.7 Å². The zero-order valence-electron chi connectivity index (χ0n) is 17.0. The fourth-order valence-electron chi connectivity index (χ4n) is 3.02. The van der Waals surface area contributed by atoms with E-state index in [9.17, 15) is 9.59 Å². The number of nitrogens with zero attached hydrogens (tertiary/aromatic N) is 3. The van der Waals surface area contributed by atoms with E-state index < -0.39 is 0 Å². The Balaban J connectivity index is 2.03. The smallest absolute Gasteiger partial charge is 0.267 e. The summed E-state index contributed by atoms with van der Waals surface area (Å²) in [6.07, 6.45) is 5.64. The van der Waals surface area contributed by atoms with Crippen LogP contribution in [0, 0.1) is 6.92 Å². The van der Waals surface area contributed by atoms with Crippen LogP contribution in [0.15, 0.2) is 40.7 Å². The molecule has 9 heteroatoms. The minimum Gasteiger partial charge on any atom is -0.382 e. The molecule has 0 spiro atoms. The van der Waals surface area contributed by atoms with Gasteiger partial charge in [-0.2, -0.15) is 0 Å². The zero-order valence-corrected chi connectivity index (χ0v) is 18.6. The summed E-state index contributed by atoms with van der Waals surface area (Å²) in [5.41, 5.74) is 1.54. The molecule has 0 saturated carbocycles. The Morgan fingerprint density at radius 3 is 2.93 bits per heavy atom. The van der Waals surface area contributed by atoms with E-state index in [1.54, 1.807) is 24.4 Å². The summed E-state index contributed by atoms with van der Waals surface area (Å²) in [6.45, 7) is 9.71. The Labute approximate surface area is 184 Å². The Hall–Kier alpha value is -2.49. The van der Waals surface area contributed by atoms with Crippen LogP contribution in [0.2, 0.25) is 0 Å². The van der Waals surface area contributed by atoms with Crippen LogP contribution in [0.3, 0.4) is 0 Å². The number of nitrogens with one attached hydrogen (secondary N) is 1. The van der Waals surface area contributed by atoms with E-state index in [0.717, 1.165) is 12.0 Å². The number of thiocarbonyl (C=S) groups is 1. The summed E-state index contributed by atoms with van der Waals surface area (Å²) in [4.78, 5) is 32.5. The monoisotopic (exact) mass is 444 g/mol. The second-order valence-electron chi connectivity index (χ2n) is 6.62. The number of rotatable bonds is 9. The maximum atomic E-state index is 13.3. The third-order valence-electron chi connectivity index (χ3n) is 4.51. The van der Waals surface area contributed by atoms with Gasteiger partial charge in [0.05, 0.1) is 10.5 Å². The van der Waals surface area contributed by atoms with Crippen LogP contribution in [0.5, 0.6) is 0 Å². The third-order valence-corrected chi connectivity index (χ3v) is 5.88. The molecule has 2 aromatic rings. The van der Waals surface area contributed by atoms with Gasteiger partial charge in [-0.3, -0.25) is 18.9 Å². The van der Waals surface area contributed by atoms with Gasteiger partial charge in [0.1, 0.15) is 15.8 Å². The van der Waals surface area contributed by atoms with Crippen molar-refractivity contribution < 1.29 is 9.53 Å². The molecule has 0 radical (unpaired) electrons. The van der Waals surface area contributed by atoms with Crippen molar-refractivity contribution in [2.24, 2.45) is 0 Å². The Bertz CT molecular complexity index is 1080. The number of aromatic nitrogens is 2. The third kappa shape index (κ3) is 4.63. The van der Waals surface area contributed by atoms with Gasteiger partial charge in [0.2, 0.25) is 0 Å². The van der Waals surface area contributed by atoms with E-state index in [0.29, 0.717) is 52.6 Å². The molecule has 1 saturated heterocycles. The summed E-state index contributed by atoms with van der Waals surface area (Å²) in [5.74, 6) is 0.209. The molecule has 0 aromatic carbocycles. The lowest BCUT2D eigenvalue weighted by Gasteiger charge is -2.12. The number of carbonyl (C=O) groups excluding carboxylic acids is 1. The normalized spacial score (nSPS) is 15.4. The Morgan fingerprint density at radius 1 is 1.40 bits per heavy atom. The number of pyridine rings is 1. The molecule has 3 heterocycles. The fraction of sp³-hybridized carbons (Fsp3) is 0.333. The lowest BCUT2D eigenvalue weighted by Crippen LogP contribution is -2.28. The van der Waals surface area contributed by atoms with Crippen molar-refractivity contribution in [1.82, 2.24) is 14.3 Å². The molecule has 0 unspecified atom stereocenters. The van der Waals surface area contributed by atoms with E-state index in [1.807, 2.05) is 19.9 Å². The fourth-order valence-corrected chi connectivity index (χ4v) is 4.28. The number of aryl methyl sites for hydroxylation is 1. The van der Waals surface area contributed by atoms with Gasteiger partial charge in [-0.15, -0.1) is 6.58 Å². The Morgan fingerprint density at radius 2 is 2.20 bits per heavy atom. The SMILES string of the molecule is C=CCN1C(=O)C(=Cc2c(NCCCOCC)nc3c(C)cccn3c2=O)SC1=S. The number of carbonyl (C=O) groups is 1. The second kappa shape index (κ2) is 10.0. The Kier molecular flexibility index (Phi) is 7.41. The number of thioether (sulfide) groups is 1. The van der Waals surface area contributed by atoms with Gasteiger partial charge in [-0.25, -0.2) is 4.98 Å². The predicted molar refractivity (Wildman–Crippen MR) is 126 cm³/mol. The standard InChI is InChI=1S/C21H24N4O3S2/c1-4-10-25-20(27)16(30-21(25)29)13-15-17(22-9-7-12-28-5-2)23-18-14(3)8-6-11-24(18)19(15)26/h4,6,8,11,13,22H,1,5,7,9-10,12H2,2-3H3. The maximum absolute atomic E-state index is 13.3. The maximum Gasteiger partial charge on any atom is 0.267 e. The first-order valence-electron chi connectivity index (χ1n) is 9.67. The van der Waals surface area contributed by atoms with E-state index in [2.05, 4.69) is 16.9 Å². The van der Waals surface area contributed by atoms with Crippen molar-refractivity contribution in [3.05, 3.63) is 57.4 Å². The van der Waals surface area contributed by atoms with Crippen molar-refractivity contribution in [3.8, 4) is 0 Å². The molecule has 7 nitrogen and oxygen atoms in total. The second-order valence-corrected chi connectivity index (χ2v) is 8.30. The molecule has 1 N–H and O–H groups in total. The molecule has 1 aliphatic heterocycles. The van der Waals surface area contributed by atoms with Crippen LogP contribution in [0.4, 0.5) is 5.82 Å². The van der Waals surface area contributed by atoms with Crippen LogP contribution >= 0.6 is 24.0 Å². The largest absolute Gasteiger partial charge is 0.382 e. The summed E-state index contributed by atoms with van der Waals surface area (Å²) >= 11 is 6.47. The highest BCUT2D eigenvalue weighted by molar-refractivity contribution is 8.26. The van der Waals surface area contributed by atoms with Gasteiger partial charge in [0.15, 0.2) is 0 Å². The van der Waals surface area contributed by atoms with Crippen LogP contribution < -0.4 is 10.9 Å². The highest BCUT2D eigenvalue weighted by Gasteiger charge is 2.31. The topological polar surface area (TPSA) is 75.9 Å². The molecule has 1 aliphatic rings. The van der Waals surface area contributed by atoms with Gasteiger partial charge in [-0.05, 0) is 38.0 Å². The van der Waals surface area contributed by atoms with Crippen molar-refractivity contribution in [1.29, 1.82) is 0 Å². The van der Waals surface area contributed by atoms with Gasteiger partial charge in [-0.1, -0.05) is 36.1 Å². The van der Waals surface area contributed by atoms with Crippen molar-refractivity contribution in [2.45, 2.75) is 20.3 Å². The summed E-state index contributed by atoms with van der Waals surface area (Å²) in [7, 11) is 0. The van der Waals surface area contributed by atoms with E-state index in [1.165, 1.54) is 21.1 Å². The van der Waals surface area contributed by atoms with Gasteiger partial charge in [0.25, 0.3) is 11.5 Å². The van der Waals surface area contributed by atoms with Gasteiger partial charge < -0.3 is 10.1 Å². The first kappa shape index (κ1) is 22.2. The molecule has 0 atom stereocenters. The van der Waals surface area contributed by atoms with Crippen molar-refractivity contribution >= 4 is 51.7 Å². The molecule has 30 heavy (non-hydrogen) atoms. The zero-order chi connectivity index (χ0) is 21.7. The number of anilines is 1. The summed E-state index contributed by atoms with van der Waals surface area (Å²) in [6, 6.07) is 3.70. The minimum absolute atomic E-state index is 0.235. The molecule has 2 aromatic heterocycles. The van der Waals surface area contributed by atoms with Crippen molar-refractivity contribution in [2.75, 3.05) is 31.6 Å². The summed E-state index contributed by atoms with van der Waals surface area (Å²) < 4.78 is 7.31. The number of amides is 1. The highest BCUT2D eigenvalue weighted by Crippen LogP contribution is 2.32. The van der Waals surface area contributed by atoms with Crippen molar-refractivity contribution in [3.63, 3.8) is 0 Å². The number of ether oxygens (including phenoxy) is 1. The lowest BCUT2D eigenvalue weighted by molar-refractivity contribution is -0.121. The highest BCUT2D eigenvalue weighted by atomic mass is 32.2. The van der Waals surface area contributed by atoms with E-state index in [-0.39, 0.29) is 11.5 Å². The predicted octanol–water partition coefficient (Wildman–Crippen LogP) is 3.23. The van der Waals surface area contributed by atoms with Crippen LogP contribution in [0.1, 0.15) is 24.5 Å². The molecular weight excluding hydrogens is 420 g/mol. The summed E-state index contributed by atoms with van der Waals surface area (Å²) in [5, 5.41) is 3.24. The molecule has 3 rings (SSSR count). The average molecular weight is 445 g/mol. The molecule has 1 fully saturated rings. The van der Waals surface area contributed by atoms with Gasteiger partial charge in [0, 0.05) is 32.5 Å². The molecular formula is C21H24N4O3S2. The van der Waals surface area contributed by atoms with Crippen LogP contribution in [-0.4, -0.2) is 50.8 Å². The first-order valence-corrected chi connectivity index (χ1v) is 10.9. The molecule has 1 amide bonds. The van der Waals surface area contributed by atoms with E-state index in [4.69, 9.17) is 17.0 Å². The number of fused-ring (bicyclic) bond motifs is 1. The number of hydrogen-bond acceptors (Lipinski definition) is 7. The molecule has 0 aliphatic carbocycles. The van der Waals surface area contributed by atoms with E-state index >= 15 is 0 Å². The quantitative estimate of drug-likeness (QED) is 0.275. The molecule has 158 valence electrons. The average Bonchev–Trinajstić information content (AvgIpc) is 2.99. The number of hydrogen-bond donors (Lipinski definition) is 1.